The Kier molecular flexibility index (Phi) is 63.9. The first-order valence-electron chi connectivity index (χ1n) is 33.3. The summed E-state index contributed by atoms with van der Waals surface area (Å²) in [7, 11) is 0. The van der Waals surface area contributed by atoms with Crippen LogP contribution >= 0.6 is 0 Å². The highest BCUT2D eigenvalue weighted by atomic mass is 16.6. The lowest BCUT2D eigenvalue weighted by atomic mass is 10.0. The minimum atomic E-state index is -0.818. The zero-order chi connectivity index (χ0) is 58.5. The van der Waals surface area contributed by atoms with E-state index in [9.17, 15) is 14.4 Å². The van der Waals surface area contributed by atoms with E-state index in [1.165, 1.54) is 116 Å². The van der Waals surface area contributed by atoms with Crippen LogP contribution in [0.5, 0.6) is 0 Å². The molecule has 1 unspecified atom stereocenters. The summed E-state index contributed by atoms with van der Waals surface area (Å²) in [5.74, 6) is -0.982. The second-order valence-electron chi connectivity index (χ2n) is 21.6. The highest BCUT2D eigenvalue weighted by Crippen LogP contribution is 2.15. The van der Waals surface area contributed by atoms with E-state index in [2.05, 4.69) is 167 Å². The van der Waals surface area contributed by atoms with Crippen molar-refractivity contribution in [1.29, 1.82) is 0 Å². The van der Waals surface area contributed by atoms with Gasteiger partial charge in [0.25, 0.3) is 0 Å². The Hall–Kier alpha value is -4.71. The van der Waals surface area contributed by atoms with Gasteiger partial charge < -0.3 is 14.2 Å². The first-order valence-corrected chi connectivity index (χ1v) is 33.3. The minimum Gasteiger partial charge on any atom is -0.462 e. The molecule has 0 aliphatic carbocycles. The molecule has 81 heavy (non-hydrogen) atoms. The van der Waals surface area contributed by atoms with Crippen molar-refractivity contribution < 1.29 is 28.6 Å². The molecule has 0 aromatic carbocycles. The minimum absolute atomic E-state index is 0.107. The van der Waals surface area contributed by atoms with Crippen molar-refractivity contribution in [3.63, 3.8) is 0 Å². The highest BCUT2D eigenvalue weighted by molar-refractivity contribution is 5.71. The van der Waals surface area contributed by atoms with Crippen LogP contribution in [0.4, 0.5) is 0 Å². The molecule has 1 atom stereocenters. The van der Waals surface area contributed by atoms with Crippen molar-refractivity contribution in [3.8, 4) is 0 Å². The quantitative estimate of drug-likeness (QED) is 0.0261. The summed E-state index contributed by atoms with van der Waals surface area (Å²) in [6.07, 6.45) is 97.2. The van der Waals surface area contributed by atoms with Crippen LogP contribution in [0.1, 0.15) is 290 Å². The van der Waals surface area contributed by atoms with Crippen LogP contribution in [-0.4, -0.2) is 37.2 Å². The zero-order valence-electron chi connectivity index (χ0n) is 52.5. The van der Waals surface area contributed by atoms with E-state index < -0.39 is 6.10 Å². The van der Waals surface area contributed by atoms with E-state index in [0.717, 1.165) is 128 Å². The summed E-state index contributed by atoms with van der Waals surface area (Å²) in [5.41, 5.74) is 0. The van der Waals surface area contributed by atoms with Crippen LogP contribution in [0.15, 0.2) is 146 Å². The molecule has 0 radical (unpaired) electrons. The van der Waals surface area contributed by atoms with Crippen LogP contribution in [-0.2, 0) is 28.6 Å². The molecular formula is C75H122O6. The van der Waals surface area contributed by atoms with E-state index in [1.54, 1.807) is 0 Å². The molecule has 0 aromatic rings. The largest absolute Gasteiger partial charge is 0.462 e. The van der Waals surface area contributed by atoms with Gasteiger partial charge in [0.05, 0.1) is 0 Å². The molecule has 0 spiro atoms. The predicted molar refractivity (Wildman–Crippen MR) is 352 cm³/mol. The van der Waals surface area contributed by atoms with E-state index in [0.29, 0.717) is 19.3 Å². The van der Waals surface area contributed by atoms with Gasteiger partial charge in [0.2, 0.25) is 0 Å². The van der Waals surface area contributed by atoms with Crippen LogP contribution in [0.25, 0.3) is 0 Å². The maximum atomic E-state index is 12.9. The highest BCUT2D eigenvalue weighted by Gasteiger charge is 2.19. The normalized spacial score (nSPS) is 13.1. The molecule has 6 nitrogen and oxygen atoms in total. The van der Waals surface area contributed by atoms with Crippen molar-refractivity contribution in [2.24, 2.45) is 0 Å². The van der Waals surface area contributed by atoms with Crippen LogP contribution < -0.4 is 0 Å². The summed E-state index contributed by atoms with van der Waals surface area (Å²) in [5, 5.41) is 0. The van der Waals surface area contributed by atoms with Gasteiger partial charge in [-0.25, -0.2) is 0 Å². The molecule has 0 saturated carbocycles. The summed E-state index contributed by atoms with van der Waals surface area (Å²) >= 11 is 0. The summed E-state index contributed by atoms with van der Waals surface area (Å²) in [6, 6.07) is 0. The molecule has 0 rings (SSSR count). The predicted octanol–water partition coefficient (Wildman–Crippen LogP) is 23.1. The monoisotopic (exact) mass is 1120 g/mol. The van der Waals surface area contributed by atoms with Gasteiger partial charge in [0.1, 0.15) is 13.2 Å². The van der Waals surface area contributed by atoms with E-state index in [-0.39, 0.29) is 37.5 Å². The Balaban J connectivity index is 4.43. The first kappa shape index (κ1) is 76.3. The third kappa shape index (κ3) is 66.0. The zero-order valence-corrected chi connectivity index (χ0v) is 52.5. The molecule has 6 heteroatoms. The molecular weight excluding hydrogens is 997 g/mol. The molecule has 0 aliphatic heterocycles. The van der Waals surface area contributed by atoms with Crippen molar-refractivity contribution >= 4 is 17.9 Å². The molecule has 458 valence electrons. The van der Waals surface area contributed by atoms with Gasteiger partial charge in [-0.1, -0.05) is 282 Å². The van der Waals surface area contributed by atoms with E-state index >= 15 is 0 Å². The number of rotatable bonds is 59. The lowest BCUT2D eigenvalue weighted by Gasteiger charge is -2.18. The topological polar surface area (TPSA) is 78.9 Å². The third-order valence-corrected chi connectivity index (χ3v) is 13.8. The van der Waals surface area contributed by atoms with Gasteiger partial charge in [-0.2, -0.15) is 0 Å². The standard InChI is InChI=1S/C75H122O6/c1-4-7-10-13-16-19-22-25-28-31-33-34-35-36-37-38-39-40-42-44-47-50-53-56-59-62-65-68-74(77)80-71-72(70-79-73(76)67-64-61-58-55-52-49-46-43-30-27-24-21-18-15-12-9-6-3)81-75(78)69-66-63-60-57-54-51-48-45-41-32-29-26-23-20-17-14-11-8-5-2/h8-9,11-12,17-18,20-22,25-27,29-31,33,35-36,41,45-46,49,55,58,72H,4-7,10,13-16,19,23-24,28,32,34,37-40,42-44,47-48,50-54,56-57,59-71H2,1-3H3/b11-8-,12-9-,20-17-,21-18-,25-22-,29-26-,30-27-,33-31-,36-35-,45-41-,49-46-,58-55-. The van der Waals surface area contributed by atoms with Gasteiger partial charge in [0, 0.05) is 19.3 Å². The third-order valence-electron chi connectivity index (χ3n) is 13.8. The van der Waals surface area contributed by atoms with Gasteiger partial charge in [-0.3, -0.25) is 14.4 Å². The SMILES string of the molecule is CC/C=C\C/C=C\C/C=C\C/C=C\C/C=C\CCCC(=O)OCC(COC(=O)CCCCCCCCCCCCCC/C=C\C/C=C\C/C=C\CCCCCCC)OC(=O)CCCCCCCC/C=C\C/C=C\C/C=C\C/C=C\CC. The number of esters is 3. The fraction of sp³-hybridized carbons (Fsp3) is 0.640. The van der Waals surface area contributed by atoms with E-state index in [4.69, 9.17) is 14.2 Å². The lowest BCUT2D eigenvalue weighted by Crippen LogP contribution is -2.30. The average Bonchev–Trinajstić information content (AvgIpc) is 3.47. The Bertz CT molecular complexity index is 1760. The second kappa shape index (κ2) is 67.8. The van der Waals surface area contributed by atoms with E-state index in [1.807, 2.05) is 0 Å². The number of carbonyl (C=O) groups excluding carboxylic acids is 3. The molecule has 0 amide bonds. The van der Waals surface area contributed by atoms with Gasteiger partial charge >= 0.3 is 17.9 Å². The number of unbranched alkanes of at least 4 members (excludes halogenated alkanes) is 24. The Labute approximate surface area is 499 Å². The van der Waals surface area contributed by atoms with Crippen molar-refractivity contribution in [1.82, 2.24) is 0 Å². The summed E-state index contributed by atoms with van der Waals surface area (Å²) in [6.45, 7) is 6.35. The second-order valence-corrected chi connectivity index (χ2v) is 21.6. The van der Waals surface area contributed by atoms with Gasteiger partial charge in [-0.05, 0) is 135 Å². The maximum Gasteiger partial charge on any atom is 0.306 e. The fourth-order valence-corrected chi connectivity index (χ4v) is 8.89. The smallest absolute Gasteiger partial charge is 0.306 e. The molecule has 0 heterocycles. The maximum absolute atomic E-state index is 12.9. The van der Waals surface area contributed by atoms with Gasteiger partial charge in [0.15, 0.2) is 6.10 Å². The van der Waals surface area contributed by atoms with Crippen molar-refractivity contribution in [2.45, 2.75) is 297 Å². The van der Waals surface area contributed by atoms with Crippen LogP contribution in [0.3, 0.4) is 0 Å². The fourth-order valence-electron chi connectivity index (χ4n) is 8.89. The van der Waals surface area contributed by atoms with Gasteiger partial charge in [-0.15, -0.1) is 0 Å². The molecule has 0 saturated heterocycles. The average molecular weight is 1120 g/mol. The number of hydrogen-bond acceptors (Lipinski definition) is 6. The Morgan fingerprint density at radius 2 is 0.494 bits per heavy atom. The summed E-state index contributed by atoms with van der Waals surface area (Å²) < 4.78 is 16.9. The lowest BCUT2D eigenvalue weighted by molar-refractivity contribution is -0.167. The Morgan fingerprint density at radius 1 is 0.259 bits per heavy atom. The summed E-state index contributed by atoms with van der Waals surface area (Å²) in [4.78, 5) is 38.4. The van der Waals surface area contributed by atoms with Crippen LogP contribution in [0.2, 0.25) is 0 Å². The van der Waals surface area contributed by atoms with Crippen molar-refractivity contribution in [2.75, 3.05) is 13.2 Å². The number of hydrogen-bond donors (Lipinski definition) is 0. The molecule has 0 aromatic heterocycles. The molecule has 0 bridgehead atoms. The Morgan fingerprint density at radius 3 is 0.802 bits per heavy atom. The number of ether oxygens (including phenoxy) is 3. The number of carbonyl (C=O) groups is 3. The molecule has 0 N–H and O–H groups in total. The van der Waals surface area contributed by atoms with Crippen molar-refractivity contribution in [3.05, 3.63) is 146 Å². The van der Waals surface area contributed by atoms with Crippen LogP contribution in [0, 0.1) is 0 Å². The molecule has 0 aliphatic rings. The number of allylic oxidation sites excluding steroid dienone is 24. The first-order chi connectivity index (χ1) is 40.0. The molecule has 0 fully saturated rings.